The van der Waals surface area contributed by atoms with Gasteiger partial charge in [-0.05, 0) is 37.1 Å². The van der Waals surface area contributed by atoms with E-state index in [1.807, 2.05) is 24.3 Å². The molecule has 1 rings (SSSR count). The number of benzene rings is 1. The second kappa shape index (κ2) is 7.78. The predicted molar refractivity (Wildman–Crippen MR) is 81.5 cm³/mol. The molecule has 1 unspecified atom stereocenters. The van der Waals surface area contributed by atoms with Gasteiger partial charge >= 0.3 is 5.97 Å². The number of nitrogens with two attached hydrogens (primary N) is 1. The fourth-order valence-corrected chi connectivity index (χ4v) is 2.92. The maximum absolute atomic E-state index is 11.4. The van der Waals surface area contributed by atoms with E-state index in [0.717, 1.165) is 28.5 Å². The zero-order valence-corrected chi connectivity index (χ0v) is 12.9. The Morgan fingerprint density at radius 2 is 2.16 bits per heavy atom. The fourth-order valence-electron chi connectivity index (χ4n) is 1.67. The SMILES string of the molecule is COC(=O)C(C)(N)CCCSCc1ccccc1Cl. The van der Waals surface area contributed by atoms with Crippen LogP contribution in [0.15, 0.2) is 24.3 Å². The number of methoxy groups -OCH3 is 1. The predicted octanol–water partition coefficient (Wildman–Crippen LogP) is 3.24. The van der Waals surface area contributed by atoms with Gasteiger partial charge in [0.1, 0.15) is 5.54 Å². The summed E-state index contributed by atoms with van der Waals surface area (Å²) in [6, 6.07) is 7.82. The number of hydrogen-bond acceptors (Lipinski definition) is 4. The maximum atomic E-state index is 11.4. The Balaban J connectivity index is 2.25. The number of esters is 1. The van der Waals surface area contributed by atoms with E-state index in [4.69, 9.17) is 17.3 Å². The van der Waals surface area contributed by atoms with E-state index in [1.54, 1.807) is 18.7 Å². The van der Waals surface area contributed by atoms with Gasteiger partial charge in [-0.1, -0.05) is 29.8 Å². The van der Waals surface area contributed by atoms with E-state index in [9.17, 15) is 4.79 Å². The van der Waals surface area contributed by atoms with Gasteiger partial charge in [-0.15, -0.1) is 0 Å². The largest absolute Gasteiger partial charge is 0.468 e. The van der Waals surface area contributed by atoms with Crippen molar-refractivity contribution in [1.82, 2.24) is 0 Å². The summed E-state index contributed by atoms with van der Waals surface area (Å²) in [6.07, 6.45) is 1.49. The van der Waals surface area contributed by atoms with Crippen LogP contribution in [0.3, 0.4) is 0 Å². The van der Waals surface area contributed by atoms with Crippen molar-refractivity contribution in [3.8, 4) is 0 Å². The molecule has 0 aliphatic heterocycles. The third-order valence-electron chi connectivity index (χ3n) is 2.85. The molecular weight excluding hydrogens is 282 g/mol. The average Bonchev–Trinajstić information content (AvgIpc) is 2.39. The summed E-state index contributed by atoms with van der Waals surface area (Å²) in [4.78, 5) is 11.4. The smallest absolute Gasteiger partial charge is 0.325 e. The second-order valence-electron chi connectivity index (χ2n) is 4.66. The highest BCUT2D eigenvalue weighted by Gasteiger charge is 2.28. The van der Waals surface area contributed by atoms with Crippen molar-refractivity contribution < 1.29 is 9.53 Å². The lowest BCUT2D eigenvalue weighted by molar-refractivity contribution is -0.146. The third kappa shape index (κ3) is 5.43. The van der Waals surface area contributed by atoms with Gasteiger partial charge in [0.05, 0.1) is 7.11 Å². The number of halogens is 1. The van der Waals surface area contributed by atoms with Gasteiger partial charge in [-0.3, -0.25) is 4.79 Å². The number of carbonyl (C=O) groups excluding carboxylic acids is 1. The number of ether oxygens (including phenoxy) is 1. The number of rotatable bonds is 7. The van der Waals surface area contributed by atoms with Gasteiger partial charge in [0, 0.05) is 10.8 Å². The molecule has 0 radical (unpaired) electrons. The highest BCUT2D eigenvalue weighted by atomic mass is 35.5. The van der Waals surface area contributed by atoms with Crippen molar-refractivity contribution in [2.45, 2.75) is 31.1 Å². The molecule has 1 atom stereocenters. The van der Waals surface area contributed by atoms with Gasteiger partial charge in [0.15, 0.2) is 0 Å². The van der Waals surface area contributed by atoms with Crippen molar-refractivity contribution in [2.75, 3.05) is 12.9 Å². The summed E-state index contributed by atoms with van der Waals surface area (Å²) >= 11 is 7.86. The Labute approximate surface area is 123 Å². The Kier molecular flexibility index (Phi) is 6.69. The summed E-state index contributed by atoms with van der Waals surface area (Å²) in [5.41, 5.74) is 6.13. The van der Waals surface area contributed by atoms with Gasteiger partial charge in [-0.25, -0.2) is 0 Å². The van der Waals surface area contributed by atoms with E-state index >= 15 is 0 Å². The minimum Gasteiger partial charge on any atom is -0.468 e. The van der Waals surface area contributed by atoms with Crippen molar-refractivity contribution in [3.05, 3.63) is 34.9 Å². The molecule has 0 heterocycles. The minimum absolute atomic E-state index is 0.358. The molecule has 19 heavy (non-hydrogen) atoms. The Bertz CT molecular complexity index is 424. The third-order valence-corrected chi connectivity index (χ3v) is 4.31. The van der Waals surface area contributed by atoms with E-state index < -0.39 is 5.54 Å². The number of carbonyl (C=O) groups is 1. The van der Waals surface area contributed by atoms with E-state index in [1.165, 1.54) is 7.11 Å². The van der Waals surface area contributed by atoms with Crippen LogP contribution in [0.4, 0.5) is 0 Å². The molecule has 1 aromatic rings. The van der Waals surface area contributed by atoms with Crippen molar-refractivity contribution in [1.29, 1.82) is 0 Å². The van der Waals surface area contributed by atoms with Crippen LogP contribution in [-0.2, 0) is 15.3 Å². The molecule has 0 aliphatic rings. The summed E-state index contributed by atoms with van der Waals surface area (Å²) in [5, 5.41) is 0.799. The quantitative estimate of drug-likeness (QED) is 0.620. The highest BCUT2D eigenvalue weighted by Crippen LogP contribution is 2.22. The topological polar surface area (TPSA) is 52.3 Å². The van der Waals surface area contributed by atoms with Crippen molar-refractivity contribution in [2.24, 2.45) is 5.73 Å². The lowest BCUT2D eigenvalue weighted by Gasteiger charge is -2.20. The fraction of sp³-hybridized carbons (Fsp3) is 0.500. The van der Waals surface area contributed by atoms with Crippen LogP contribution in [0.1, 0.15) is 25.3 Å². The molecule has 0 amide bonds. The molecule has 0 aromatic heterocycles. The van der Waals surface area contributed by atoms with E-state index in [0.29, 0.717) is 6.42 Å². The van der Waals surface area contributed by atoms with Crippen LogP contribution in [0.2, 0.25) is 5.02 Å². The summed E-state index contributed by atoms with van der Waals surface area (Å²) in [6.45, 7) is 1.71. The minimum atomic E-state index is -0.889. The van der Waals surface area contributed by atoms with Crippen LogP contribution < -0.4 is 5.73 Å². The summed E-state index contributed by atoms with van der Waals surface area (Å²) in [7, 11) is 1.36. The molecule has 0 aliphatic carbocycles. The maximum Gasteiger partial charge on any atom is 0.325 e. The van der Waals surface area contributed by atoms with Crippen LogP contribution in [0, 0.1) is 0 Å². The Hall–Kier alpha value is -0.710. The van der Waals surface area contributed by atoms with Gasteiger partial charge < -0.3 is 10.5 Å². The van der Waals surface area contributed by atoms with Crippen LogP contribution in [0.5, 0.6) is 0 Å². The normalized spacial score (nSPS) is 13.9. The van der Waals surface area contributed by atoms with Gasteiger partial charge in [0.2, 0.25) is 0 Å². The molecule has 1 aromatic carbocycles. The molecule has 0 fully saturated rings. The van der Waals surface area contributed by atoms with Crippen LogP contribution >= 0.6 is 23.4 Å². The van der Waals surface area contributed by atoms with Crippen molar-refractivity contribution in [3.63, 3.8) is 0 Å². The standard InChI is InChI=1S/C14H20ClNO2S/c1-14(16,13(17)18-2)8-5-9-19-10-11-6-3-4-7-12(11)15/h3-4,6-7H,5,8-10,16H2,1-2H3. The summed E-state index contributed by atoms with van der Waals surface area (Å²) in [5.74, 6) is 1.46. The molecule has 0 saturated heterocycles. The average molecular weight is 302 g/mol. The molecule has 0 saturated carbocycles. The molecule has 0 bridgehead atoms. The Morgan fingerprint density at radius 1 is 1.47 bits per heavy atom. The number of thioether (sulfide) groups is 1. The van der Waals surface area contributed by atoms with Gasteiger partial charge in [-0.2, -0.15) is 11.8 Å². The first-order valence-corrected chi connectivity index (χ1v) is 7.69. The monoisotopic (exact) mass is 301 g/mol. The second-order valence-corrected chi connectivity index (χ2v) is 6.17. The molecule has 106 valence electrons. The van der Waals surface area contributed by atoms with E-state index in [-0.39, 0.29) is 5.97 Å². The summed E-state index contributed by atoms with van der Waals surface area (Å²) < 4.78 is 4.67. The molecule has 5 heteroatoms. The van der Waals surface area contributed by atoms with Gasteiger partial charge in [0.25, 0.3) is 0 Å². The molecular formula is C14H20ClNO2S. The zero-order valence-electron chi connectivity index (χ0n) is 11.3. The Morgan fingerprint density at radius 3 is 2.79 bits per heavy atom. The molecule has 3 nitrogen and oxygen atoms in total. The zero-order chi connectivity index (χ0) is 14.3. The van der Waals surface area contributed by atoms with Crippen LogP contribution in [-0.4, -0.2) is 24.4 Å². The first-order valence-electron chi connectivity index (χ1n) is 6.16. The van der Waals surface area contributed by atoms with Crippen LogP contribution in [0.25, 0.3) is 0 Å². The molecule has 0 spiro atoms. The first-order chi connectivity index (χ1) is 8.97. The van der Waals surface area contributed by atoms with Crippen molar-refractivity contribution >= 4 is 29.3 Å². The number of hydrogen-bond donors (Lipinski definition) is 1. The molecule has 2 N–H and O–H groups in total. The highest BCUT2D eigenvalue weighted by molar-refractivity contribution is 7.98. The first kappa shape index (κ1) is 16.3. The lowest BCUT2D eigenvalue weighted by Crippen LogP contribution is -2.45. The van der Waals surface area contributed by atoms with E-state index in [2.05, 4.69) is 4.74 Å². The lowest BCUT2D eigenvalue weighted by atomic mass is 9.98.